The van der Waals surface area contributed by atoms with Crippen LogP contribution in [0.15, 0.2) is 47.6 Å². The molecule has 4 rings (SSSR count). The highest BCUT2D eigenvalue weighted by Gasteiger charge is 2.46. The van der Waals surface area contributed by atoms with Crippen LogP contribution in [0, 0.1) is 17.8 Å². The summed E-state index contributed by atoms with van der Waals surface area (Å²) in [5.41, 5.74) is 1.40. The van der Waals surface area contributed by atoms with Gasteiger partial charge in [-0.25, -0.2) is 4.79 Å². The number of esters is 1. The summed E-state index contributed by atoms with van der Waals surface area (Å²) in [6, 6.07) is -0.891. The number of ketones is 2. The van der Waals surface area contributed by atoms with Crippen LogP contribution in [0.4, 0.5) is 0 Å². The van der Waals surface area contributed by atoms with Gasteiger partial charge in [-0.3, -0.25) is 14.4 Å². The number of Topliss-reactive ketones (excluding diaryl/α,β-unsaturated/α-hetero) is 2. The summed E-state index contributed by atoms with van der Waals surface area (Å²) in [6.07, 6.45) is 13.8. The number of rotatable bonds is 6. The number of carbonyl (C=O) groups excluding carboxylic acids is 4. The lowest BCUT2D eigenvalue weighted by atomic mass is 9.78. The van der Waals surface area contributed by atoms with Gasteiger partial charge in [0, 0.05) is 59.5 Å². The highest BCUT2D eigenvalue weighted by atomic mass is 16.6. The van der Waals surface area contributed by atoms with Crippen molar-refractivity contribution in [3.63, 3.8) is 0 Å². The van der Waals surface area contributed by atoms with Crippen LogP contribution in [0.25, 0.3) is 0 Å². The highest BCUT2D eigenvalue weighted by molar-refractivity contribution is 5.86. The Kier molecular flexibility index (Phi) is 20.5. The fourth-order valence-corrected chi connectivity index (χ4v) is 9.40. The smallest absolute Gasteiger partial charge is 0.329 e. The van der Waals surface area contributed by atoms with E-state index in [9.17, 15) is 34.5 Å². The van der Waals surface area contributed by atoms with E-state index in [1.807, 2.05) is 51.2 Å². The lowest BCUT2D eigenvalue weighted by Crippen LogP contribution is -2.54. The van der Waals surface area contributed by atoms with Crippen LogP contribution in [-0.2, 0) is 42.9 Å². The summed E-state index contributed by atoms with van der Waals surface area (Å²) in [6.45, 7) is 7.79. The predicted molar refractivity (Wildman–Crippen MR) is 231 cm³/mol. The maximum atomic E-state index is 14.2. The largest absolute Gasteiger partial charge is 0.460 e. The molecule has 4 aliphatic rings. The van der Waals surface area contributed by atoms with Gasteiger partial charge in [0.15, 0.2) is 11.6 Å². The van der Waals surface area contributed by atoms with Gasteiger partial charge in [0.2, 0.25) is 5.91 Å². The van der Waals surface area contributed by atoms with Crippen LogP contribution in [0.2, 0.25) is 0 Å². The van der Waals surface area contributed by atoms with Crippen molar-refractivity contribution >= 4 is 23.4 Å². The number of fused-ring (bicyclic) bond motifs is 3. The summed E-state index contributed by atoms with van der Waals surface area (Å²) in [5.74, 6) is -3.56. The first-order chi connectivity index (χ1) is 29.1. The lowest BCUT2D eigenvalue weighted by molar-refractivity contribution is -0.284. The molecule has 13 nitrogen and oxygen atoms in total. The molecule has 0 aromatic carbocycles. The zero-order chi connectivity index (χ0) is 44.7. The molecular formula is C48H75NO12. The Balaban J connectivity index is 1.61. The molecule has 1 saturated carbocycles. The number of nitrogens with zero attached hydrogens (tertiary/aromatic N) is 1. The minimum Gasteiger partial charge on any atom is -0.460 e. The third-order valence-electron chi connectivity index (χ3n) is 13.5. The first kappa shape index (κ1) is 50.6. The average Bonchev–Trinajstić information content (AvgIpc) is 3.24. The van der Waals surface area contributed by atoms with Gasteiger partial charge in [0.05, 0.1) is 30.8 Å². The fraction of sp³-hybridized carbons (Fsp3) is 0.750. The van der Waals surface area contributed by atoms with E-state index in [0.29, 0.717) is 82.7 Å². The van der Waals surface area contributed by atoms with Crippen LogP contribution in [0.5, 0.6) is 0 Å². The third-order valence-corrected chi connectivity index (χ3v) is 13.5. The quantitative estimate of drug-likeness (QED) is 0.202. The Morgan fingerprint density at radius 1 is 0.902 bits per heavy atom. The van der Waals surface area contributed by atoms with Crippen LogP contribution < -0.4 is 0 Å². The molecule has 3 fully saturated rings. The van der Waals surface area contributed by atoms with Crippen molar-refractivity contribution < 1.29 is 58.2 Å². The number of hydrogen-bond donors (Lipinski definition) is 3. The lowest BCUT2D eigenvalue weighted by Gasteiger charge is -2.44. The van der Waals surface area contributed by atoms with Crippen molar-refractivity contribution in [2.75, 3.05) is 27.9 Å². The summed E-state index contributed by atoms with van der Waals surface area (Å²) in [4.78, 5) is 56.7. The molecular weight excluding hydrogens is 783 g/mol. The van der Waals surface area contributed by atoms with E-state index in [2.05, 4.69) is 0 Å². The Hall–Kier alpha value is -3.04. The molecule has 3 heterocycles. The number of cyclic esters (lactones) is 1. The number of piperidine rings is 1. The van der Waals surface area contributed by atoms with Gasteiger partial charge in [0.1, 0.15) is 30.1 Å². The van der Waals surface area contributed by atoms with Crippen molar-refractivity contribution in [1.82, 2.24) is 4.90 Å². The molecule has 344 valence electrons. The van der Waals surface area contributed by atoms with E-state index in [-0.39, 0.29) is 73.3 Å². The second kappa shape index (κ2) is 24.7. The van der Waals surface area contributed by atoms with Gasteiger partial charge in [-0.15, -0.1) is 0 Å². The zero-order valence-electron chi connectivity index (χ0n) is 37.8. The summed E-state index contributed by atoms with van der Waals surface area (Å²) < 4.78 is 29.5. The minimum atomic E-state index is -1.74. The maximum absolute atomic E-state index is 14.2. The molecule has 0 unspecified atom stereocenters. The third kappa shape index (κ3) is 14.8. The van der Waals surface area contributed by atoms with E-state index in [1.54, 1.807) is 27.2 Å². The zero-order valence-corrected chi connectivity index (χ0v) is 37.8. The molecule has 0 aromatic rings. The Bertz CT molecular complexity index is 1570. The van der Waals surface area contributed by atoms with E-state index < -0.39 is 48.1 Å². The maximum Gasteiger partial charge on any atom is 0.329 e. The molecule has 3 aliphatic heterocycles. The van der Waals surface area contributed by atoms with Crippen LogP contribution in [0.3, 0.4) is 0 Å². The molecule has 1 amide bonds. The monoisotopic (exact) mass is 858 g/mol. The van der Waals surface area contributed by atoms with Gasteiger partial charge in [-0.2, -0.15) is 0 Å². The van der Waals surface area contributed by atoms with Crippen LogP contribution in [-0.4, -0.2) is 126 Å². The molecule has 12 atom stereocenters. The first-order valence-corrected chi connectivity index (χ1v) is 22.7. The van der Waals surface area contributed by atoms with Crippen molar-refractivity contribution in [2.24, 2.45) is 17.8 Å². The molecule has 0 radical (unpaired) electrons. The van der Waals surface area contributed by atoms with Gasteiger partial charge >= 0.3 is 5.97 Å². The SMILES string of the molecule is CO[C@H]1C[C@@H]2CC[C@@H](C)[C@](O)(CC(=O)N3CCCC[C@H]3C(=O)O[C@H]([C@H](C)C[C@@H]3CC[C@@H](O)[C@H](OC)C3)CC(=O)C/C=C(\C)[C@@H](O)[C@@H](OC)C(=O)CCC/C=C/C=C/C=C/1C)O2. The summed E-state index contributed by atoms with van der Waals surface area (Å²) >= 11 is 0. The van der Waals surface area contributed by atoms with E-state index >= 15 is 0 Å². The van der Waals surface area contributed by atoms with Crippen molar-refractivity contribution in [1.29, 1.82) is 0 Å². The molecule has 13 heteroatoms. The Labute approximate surface area is 363 Å². The number of carbonyl (C=O) groups is 4. The number of ether oxygens (including phenoxy) is 5. The standard InChI is InChI=1S/C48H75NO12/c1-31-16-12-10-8-9-11-13-18-40(52)46(59-7)45(54)32(2)19-22-36(50)28-42(33(3)26-35-21-24-39(51)43(27-35)58-6)60-47(55)38-17-14-15-25-49(38)44(53)30-48(56)34(4)20-23-37(61-48)29-41(31)57-5/h8-10,12,16,19,33-35,37-39,41-43,45-46,51,54,56H,11,13-15,17-18,20-30H2,1-7H3/b9-8+,12-10+,31-16+,32-19+/t33-,34-,35+,37+,38+,39-,41+,42+,43-,45-,46+,48+/m1/s1. The second-order valence-corrected chi connectivity index (χ2v) is 18.1. The van der Waals surface area contributed by atoms with E-state index in [0.717, 1.165) is 12.0 Å². The van der Waals surface area contributed by atoms with Crippen LogP contribution in [0.1, 0.15) is 130 Å². The number of aliphatic hydroxyl groups is 3. The normalized spacial score (nSPS) is 38.6. The summed E-state index contributed by atoms with van der Waals surface area (Å²) in [5, 5.41) is 33.5. The van der Waals surface area contributed by atoms with E-state index in [4.69, 9.17) is 23.7 Å². The van der Waals surface area contributed by atoms with Gasteiger partial charge in [-0.1, -0.05) is 50.3 Å². The van der Waals surface area contributed by atoms with Crippen molar-refractivity contribution in [3.05, 3.63) is 47.6 Å². The fourth-order valence-electron chi connectivity index (χ4n) is 9.40. The predicted octanol–water partition coefficient (Wildman–Crippen LogP) is 6.26. The second-order valence-electron chi connectivity index (χ2n) is 18.1. The first-order valence-electron chi connectivity index (χ1n) is 22.7. The van der Waals surface area contributed by atoms with Gasteiger partial charge in [0.25, 0.3) is 0 Å². The number of hydrogen-bond acceptors (Lipinski definition) is 12. The minimum absolute atomic E-state index is 0.0559. The molecule has 1 aliphatic carbocycles. The molecule has 0 spiro atoms. The topological polar surface area (TPSA) is 178 Å². The molecule has 61 heavy (non-hydrogen) atoms. The van der Waals surface area contributed by atoms with Crippen molar-refractivity contribution in [2.45, 2.75) is 185 Å². The highest BCUT2D eigenvalue weighted by Crippen LogP contribution is 2.38. The molecule has 2 bridgehead atoms. The average molecular weight is 858 g/mol. The number of amides is 1. The number of methoxy groups -OCH3 is 3. The van der Waals surface area contributed by atoms with Gasteiger partial charge < -0.3 is 43.9 Å². The molecule has 3 N–H and O–H groups in total. The number of allylic oxidation sites excluding steroid dienone is 6. The number of aliphatic hydroxyl groups excluding tert-OH is 2. The Morgan fingerprint density at radius 2 is 1.67 bits per heavy atom. The Morgan fingerprint density at radius 3 is 2.39 bits per heavy atom. The summed E-state index contributed by atoms with van der Waals surface area (Å²) in [7, 11) is 4.61. The van der Waals surface area contributed by atoms with Gasteiger partial charge in [-0.05, 0) is 107 Å². The molecule has 0 aromatic heterocycles. The van der Waals surface area contributed by atoms with Crippen LogP contribution >= 0.6 is 0 Å². The van der Waals surface area contributed by atoms with Crippen molar-refractivity contribution in [3.8, 4) is 0 Å². The van der Waals surface area contributed by atoms with E-state index in [1.165, 1.54) is 12.0 Å². The molecule has 2 saturated heterocycles.